The average Bonchev–Trinajstić information content (AvgIpc) is 2.52. The second-order valence-electron chi connectivity index (χ2n) is 4.68. The summed E-state index contributed by atoms with van der Waals surface area (Å²) >= 11 is 0. The number of hydrogen-bond acceptors (Lipinski definition) is 4. The Kier molecular flexibility index (Phi) is 5.26. The molecule has 0 amide bonds. The Morgan fingerprint density at radius 1 is 1.32 bits per heavy atom. The summed E-state index contributed by atoms with van der Waals surface area (Å²) in [4.78, 5) is 4.19. The lowest BCUT2D eigenvalue weighted by molar-refractivity contribution is 0.0818. The zero-order valence-corrected chi connectivity index (χ0v) is 12.0. The van der Waals surface area contributed by atoms with Gasteiger partial charge in [0.1, 0.15) is 29.9 Å². The van der Waals surface area contributed by atoms with E-state index in [0.29, 0.717) is 23.8 Å². The number of aryl methyl sites for hydroxylation is 1. The normalized spacial score (nSPS) is 10.3. The molecule has 0 spiro atoms. The highest BCUT2D eigenvalue weighted by molar-refractivity contribution is 5.43. The van der Waals surface area contributed by atoms with E-state index < -0.39 is 13.0 Å². The van der Waals surface area contributed by atoms with Crippen LogP contribution in [-0.4, -0.2) is 18.0 Å². The van der Waals surface area contributed by atoms with Gasteiger partial charge in [0.2, 0.25) is 0 Å². The van der Waals surface area contributed by atoms with Gasteiger partial charge in [0.15, 0.2) is 0 Å². The fourth-order valence-electron chi connectivity index (χ4n) is 1.84. The minimum atomic E-state index is -2.50. The Hall–Kier alpha value is -2.68. The molecule has 0 saturated carbocycles. The van der Waals surface area contributed by atoms with Crippen LogP contribution in [0.3, 0.4) is 0 Å². The summed E-state index contributed by atoms with van der Waals surface area (Å²) in [6.45, 7) is 1.65. The Morgan fingerprint density at radius 3 is 2.86 bits per heavy atom. The second-order valence-corrected chi connectivity index (χ2v) is 4.68. The number of nitrogens with one attached hydrogen (secondary N) is 1. The summed E-state index contributed by atoms with van der Waals surface area (Å²) in [5, 5.41) is 12.0. The maximum Gasteiger partial charge on any atom is 0.272 e. The third-order valence-electron chi connectivity index (χ3n) is 2.95. The Morgan fingerprint density at radius 2 is 2.14 bits per heavy atom. The summed E-state index contributed by atoms with van der Waals surface area (Å²) in [5.41, 5.74) is 2.06. The Labute approximate surface area is 127 Å². The minimum absolute atomic E-state index is 0.374. The van der Waals surface area contributed by atoms with Crippen molar-refractivity contribution >= 4 is 5.82 Å². The molecule has 1 N–H and O–H groups in total. The van der Waals surface area contributed by atoms with Gasteiger partial charge in [0.05, 0.1) is 0 Å². The molecule has 0 aliphatic heterocycles. The maximum atomic E-state index is 12.1. The first-order valence-electron chi connectivity index (χ1n) is 6.70. The Bertz CT molecular complexity index is 683. The van der Waals surface area contributed by atoms with Crippen LogP contribution in [-0.2, 0) is 6.54 Å². The van der Waals surface area contributed by atoms with Gasteiger partial charge in [-0.05, 0) is 36.2 Å². The van der Waals surface area contributed by atoms with Crippen LogP contribution in [0.15, 0.2) is 36.4 Å². The predicted molar refractivity (Wildman–Crippen MR) is 79.0 cm³/mol. The van der Waals surface area contributed by atoms with Crippen LogP contribution in [0.1, 0.15) is 16.8 Å². The molecule has 0 aliphatic rings. The van der Waals surface area contributed by atoms with Gasteiger partial charge in [0.25, 0.3) is 6.43 Å². The molecule has 4 nitrogen and oxygen atoms in total. The molecule has 0 atom stereocenters. The molecule has 0 aliphatic carbocycles. The number of anilines is 1. The molecule has 1 aromatic heterocycles. The third kappa shape index (κ3) is 4.42. The number of pyridine rings is 1. The number of hydrogen-bond donors (Lipinski definition) is 1. The lowest BCUT2D eigenvalue weighted by Gasteiger charge is -2.09. The smallest absolute Gasteiger partial charge is 0.272 e. The first kappa shape index (κ1) is 15.7. The molecule has 6 heteroatoms. The number of rotatable bonds is 6. The molecule has 0 unspecified atom stereocenters. The zero-order valence-electron chi connectivity index (χ0n) is 12.0. The maximum absolute atomic E-state index is 12.1. The first-order valence-corrected chi connectivity index (χ1v) is 6.70. The molecule has 2 aromatic rings. The highest BCUT2D eigenvalue weighted by Gasteiger charge is 2.05. The summed E-state index contributed by atoms with van der Waals surface area (Å²) in [7, 11) is 0. The lowest BCUT2D eigenvalue weighted by atomic mass is 10.2. The average molecular weight is 303 g/mol. The Balaban J connectivity index is 1.99. The quantitative estimate of drug-likeness (QED) is 0.887. The zero-order chi connectivity index (χ0) is 15.9. The number of ether oxygens (including phenoxy) is 1. The standard InChI is InChI=1S/C16H15F2N3O/c1-11-5-6-16(21-14(11)8-19)20-9-12-3-2-4-13(7-12)22-10-15(17)18/h2-7,15H,9-10H2,1H3,(H,20,21). The summed E-state index contributed by atoms with van der Waals surface area (Å²) in [6, 6.07) is 12.5. The van der Waals surface area contributed by atoms with Crippen LogP contribution < -0.4 is 10.1 Å². The number of nitriles is 1. The number of aromatic nitrogens is 1. The fourth-order valence-corrected chi connectivity index (χ4v) is 1.84. The second kappa shape index (κ2) is 7.36. The van der Waals surface area contributed by atoms with Crippen LogP contribution in [0, 0.1) is 18.3 Å². The number of benzene rings is 1. The highest BCUT2D eigenvalue weighted by atomic mass is 19.3. The predicted octanol–water partition coefficient (Wildman–Crippen LogP) is 3.52. The van der Waals surface area contributed by atoms with Crippen LogP contribution >= 0.6 is 0 Å². The largest absolute Gasteiger partial charge is 0.488 e. The lowest BCUT2D eigenvalue weighted by Crippen LogP contribution is -2.07. The van der Waals surface area contributed by atoms with E-state index in [0.717, 1.165) is 11.1 Å². The third-order valence-corrected chi connectivity index (χ3v) is 2.95. The minimum Gasteiger partial charge on any atom is -0.488 e. The molecule has 0 bridgehead atoms. The van der Waals surface area contributed by atoms with Crippen LogP contribution in [0.2, 0.25) is 0 Å². The van der Waals surface area contributed by atoms with Gasteiger partial charge >= 0.3 is 0 Å². The summed E-state index contributed by atoms with van der Waals surface area (Å²) < 4.78 is 29.2. The van der Waals surface area contributed by atoms with Crippen molar-refractivity contribution in [2.75, 3.05) is 11.9 Å². The van der Waals surface area contributed by atoms with Gasteiger partial charge in [-0.3, -0.25) is 0 Å². The van der Waals surface area contributed by atoms with Gasteiger partial charge in [-0.2, -0.15) is 5.26 Å². The molecule has 0 fully saturated rings. The van der Waals surface area contributed by atoms with E-state index in [-0.39, 0.29) is 0 Å². The van der Waals surface area contributed by atoms with E-state index in [2.05, 4.69) is 10.3 Å². The van der Waals surface area contributed by atoms with Crippen molar-refractivity contribution in [1.82, 2.24) is 4.98 Å². The van der Waals surface area contributed by atoms with Crippen molar-refractivity contribution in [2.24, 2.45) is 0 Å². The van der Waals surface area contributed by atoms with Crippen molar-refractivity contribution in [3.8, 4) is 11.8 Å². The van der Waals surface area contributed by atoms with Crippen molar-refractivity contribution in [3.63, 3.8) is 0 Å². The molecule has 114 valence electrons. The fraction of sp³-hybridized carbons (Fsp3) is 0.250. The molecule has 0 saturated heterocycles. The molecule has 1 heterocycles. The molecule has 1 aromatic carbocycles. The number of alkyl halides is 2. The SMILES string of the molecule is Cc1ccc(NCc2cccc(OCC(F)F)c2)nc1C#N. The van der Waals surface area contributed by atoms with Gasteiger partial charge in [-0.25, -0.2) is 13.8 Å². The topological polar surface area (TPSA) is 57.9 Å². The van der Waals surface area contributed by atoms with Crippen molar-refractivity contribution in [3.05, 3.63) is 53.2 Å². The van der Waals surface area contributed by atoms with E-state index in [1.807, 2.05) is 25.1 Å². The van der Waals surface area contributed by atoms with E-state index in [9.17, 15) is 8.78 Å². The van der Waals surface area contributed by atoms with Gasteiger partial charge in [-0.1, -0.05) is 18.2 Å². The molecular weight excluding hydrogens is 288 g/mol. The van der Waals surface area contributed by atoms with Gasteiger partial charge < -0.3 is 10.1 Å². The number of halogens is 2. The summed E-state index contributed by atoms with van der Waals surface area (Å²) in [5.74, 6) is 0.982. The van der Waals surface area contributed by atoms with Gasteiger partial charge in [0, 0.05) is 6.54 Å². The monoisotopic (exact) mass is 303 g/mol. The van der Waals surface area contributed by atoms with Crippen molar-refractivity contribution in [2.45, 2.75) is 19.9 Å². The van der Waals surface area contributed by atoms with E-state index in [1.165, 1.54) is 0 Å². The van der Waals surface area contributed by atoms with Crippen LogP contribution in [0.25, 0.3) is 0 Å². The van der Waals surface area contributed by atoms with Crippen LogP contribution in [0.5, 0.6) is 5.75 Å². The van der Waals surface area contributed by atoms with Crippen molar-refractivity contribution < 1.29 is 13.5 Å². The van der Waals surface area contributed by atoms with E-state index in [1.54, 1.807) is 24.3 Å². The van der Waals surface area contributed by atoms with Crippen LogP contribution in [0.4, 0.5) is 14.6 Å². The molecule has 0 radical (unpaired) electrons. The first-order chi connectivity index (χ1) is 10.6. The van der Waals surface area contributed by atoms with E-state index >= 15 is 0 Å². The molecular formula is C16H15F2N3O. The summed E-state index contributed by atoms with van der Waals surface area (Å²) in [6.07, 6.45) is -2.50. The van der Waals surface area contributed by atoms with Gasteiger partial charge in [-0.15, -0.1) is 0 Å². The molecule has 2 rings (SSSR count). The highest BCUT2D eigenvalue weighted by Crippen LogP contribution is 2.16. The van der Waals surface area contributed by atoms with E-state index in [4.69, 9.17) is 10.00 Å². The van der Waals surface area contributed by atoms with Crippen molar-refractivity contribution in [1.29, 1.82) is 5.26 Å². The molecule has 22 heavy (non-hydrogen) atoms. The number of nitrogens with zero attached hydrogens (tertiary/aromatic N) is 2.